The second-order valence-corrected chi connectivity index (χ2v) is 7.91. The number of carbonyl (C=O) groups excluding carboxylic acids is 2. The van der Waals surface area contributed by atoms with E-state index in [1.807, 2.05) is 10.9 Å². The summed E-state index contributed by atoms with van der Waals surface area (Å²) in [5, 5.41) is 14.5. The Morgan fingerprint density at radius 1 is 1.26 bits per heavy atom. The van der Waals surface area contributed by atoms with Crippen LogP contribution in [0.4, 0.5) is 4.79 Å². The van der Waals surface area contributed by atoms with Gasteiger partial charge in [-0.3, -0.25) is 24.1 Å². The Balaban J connectivity index is 0.00000107. The smallest absolute Gasteiger partial charge is 0.410 e. The number of rotatable bonds is 6. The van der Waals surface area contributed by atoms with Crippen molar-refractivity contribution in [1.82, 2.24) is 24.9 Å². The highest BCUT2D eigenvalue weighted by Crippen LogP contribution is 2.20. The molecule has 3 heterocycles. The maximum absolute atomic E-state index is 12.6. The predicted octanol–water partition coefficient (Wildman–Crippen LogP) is 1.55. The van der Waals surface area contributed by atoms with Gasteiger partial charge in [0, 0.05) is 32.4 Å². The van der Waals surface area contributed by atoms with Gasteiger partial charge in [-0.05, 0) is 64.1 Å². The summed E-state index contributed by atoms with van der Waals surface area (Å²) in [6, 6.07) is 1.70. The molecule has 2 fully saturated rings. The maximum atomic E-state index is 12.6. The van der Waals surface area contributed by atoms with Gasteiger partial charge in [-0.25, -0.2) is 4.79 Å². The molecule has 2 N–H and O–H groups in total. The minimum Gasteiger partial charge on any atom is -0.483 e. The zero-order valence-electron chi connectivity index (χ0n) is 18.5. The van der Waals surface area contributed by atoms with Gasteiger partial charge in [-0.2, -0.15) is 5.10 Å². The third-order valence-electron chi connectivity index (χ3n) is 5.89. The summed E-state index contributed by atoms with van der Waals surface area (Å²) in [5.41, 5.74) is 1.12. The summed E-state index contributed by atoms with van der Waals surface area (Å²) in [4.78, 5) is 36.9. The molecule has 1 unspecified atom stereocenters. The largest absolute Gasteiger partial charge is 0.483 e. The van der Waals surface area contributed by atoms with Crippen LogP contribution in [0.25, 0.3) is 0 Å². The number of aromatic nitrogens is 2. The van der Waals surface area contributed by atoms with Crippen molar-refractivity contribution < 1.29 is 24.2 Å². The Labute approximate surface area is 183 Å². The van der Waals surface area contributed by atoms with Crippen molar-refractivity contribution in [3.63, 3.8) is 0 Å². The lowest BCUT2D eigenvalue weighted by Gasteiger charge is -2.35. The average molecular weight is 438 g/mol. The van der Waals surface area contributed by atoms with Gasteiger partial charge in [0.25, 0.3) is 6.47 Å². The number of carboxylic acid groups (broad SMARTS) is 1. The van der Waals surface area contributed by atoms with E-state index < -0.39 is 12.1 Å². The topological polar surface area (TPSA) is 117 Å². The van der Waals surface area contributed by atoms with Gasteiger partial charge in [0.15, 0.2) is 0 Å². The monoisotopic (exact) mass is 437 g/mol. The van der Waals surface area contributed by atoms with E-state index >= 15 is 0 Å². The average Bonchev–Trinajstić information content (AvgIpc) is 3.26. The Bertz CT molecular complexity index is 702. The normalized spacial score (nSPS) is 19.8. The van der Waals surface area contributed by atoms with Crippen molar-refractivity contribution in [2.45, 2.75) is 58.2 Å². The lowest BCUT2D eigenvalue weighted by atomic mass is 9.96. The highest BCUT2D eigenvalue weighted by molar-refractivity contribution is 5.85. The molecule has 0 bridgehead atoms. The maximum Gasteiger partial charge on any atom is 0.410 e. The van der Waals surface area contributed by atoms with E-state index in [-0.39, 0.29) is 12.4 Å². The van der Waals surface area contributed by atoms with Gasteiger partial charge in [-0.1, -0.05) is 0 Å². The molecule has 1 atom stereocenters. The van der Waals surface area contributed by atoms with Crippen LogP contribution in [0.5, 0.6) is 0 Å². The van der Waals surface area contributed by atoms with Gasteiger partial charge in [0.05, 0.1) is 12.8 Å². The number of likely N-dealkylation sites (tertiary alicyclic amines) is 2. The van der Waals surface area contributed by atoms with Gasteiger partial charge < -0.3 is 15.2 Å². The highest BCUT2D eigenvalue weighted by Gasteiger charge is 2.33. The van der Waals surface area contributed by atoms with Gasteiger partial charge in [-0.15, -0.1) is 0 Å². The first-order valence-corrected chi connectivity index (χ1v) is 11.0. The van der Waals surface area contributed by atoms with Crippen molar-refractivity contribution in [2.24, 2.45) is 5.92 Å². The van der Waals surface area contributed by atoms with Crippen molar-refractivity contribution in [3.05, 3.63) is 18.0 Å². The summed E-state index contributed by atoms with van der Waals surface area (Å²) in [6.07, 6.45) is 6.37. The molecule has 1 aromatic heterocycles. The van der Waals surface area contributed by atoms with E-state index in [9.17, 15) is 9.59 Å². The molecule has 31 heavy (non-hydrogen) atoms. The first-order valence-electron chi connectivity index (χ1n) is 11.0. The van der Waals surface area contributed by atoms with Crippen molar-refractivity contribution >= 4 is 18.5 Å². The molecule has 0 saturated carbocycles. The first kappa shape index (κ1) is 24.6. The number of hydrogen-bond acceptors (Lipinski definition) is 6. The summed E-state index contributed by atoms with van der Waals surface area (Å²) >= 11 is 0. The van der Waals surface area contributed by atoms with Gasteiger partial charge in [0.1, 0.15) is 6.04 Å². The molecular weight excluding hydrogens is 402 g/mol. The second kappa shape index (κ2) is 12.9. The molecule has 2 aliphatic heterocycles. The Morgan fingerprint density at radius 3 is 2.58 bits per heavy atom. The van der Waals surface area contributed by atoms with Crippen LogP contribution < -0.4 is 5.32 Å². The van der Waals surface area contributed by atoms with Crippen LogP contribution in [0.15, 0.2) is 12.3 Å². The van der Waals surface area contributed by atoms with Crippen LogP contribution in [-0.2, 0) is 27.4 Å². The van der Waals surface area contributed by atoms with Crippen LogP contribution >= 0.6 is 0 Å². The minimum atomic E-state index is -0.404. The number of aryl methyl sites for hydroxylation is 1. The van der Waals surface area contributed by atoms with Gasteiger partial charge >= 0.3 is 6.09 Å². The van der Waals surface area contributed by atoms with E-state index in [0.717, 1.165) is 57.6 Å². The molecule has 174 valence electrons. The molecule has 1 aromatic rings. The van der Waals surface area contributed by atoms with E-state index in [1.165, 1.54) is 7.11 Å². The number of nitrogens with zero attached hydrogens (tertiary/aromatic N) is 4. The zero-order valence-corrected chi connectivity index (χ0v) is 18.5. The van der Waals surface area contributed by atoms with E-state index in [2.05, 4.69) is 28.3 Å². The predicted molar refractivity (Wildman–Crippen MR) is 114 cm³/mol. The zero-order chi connectivity index (χ0) is 22.6. The fourth-order valence-corrected chi connectivity index (χ4v) is 4.14. The standard InChI is InChI=1S/C20H33N5O3.CH2O2/c1-3-24-13-9-17(22-24)15-23-11-7-16(8-12-23)14-21-19(26)18-6-4-5-10-25(18)20(27)28-2;2-1-3/h9,13,16,18H,3-8,10-12,14-15H2,1-2H3,(H,21,26);1H,(H,2,3). The fourth-order valence-electron chi connectivity index (χ4n) is 4.14. The van der Waals surface area contributed by atoms with E-state index in [1.54, 1.807) is 4.90 Å². The first-order chi connectivity index (χ1) is 15.0. The molecule has 2 saturated heterocycles. The lowest BCUT2D eigenvalue weighted by molar-refractivity contribution is -0.127. The number of ether oxygens (including phenoxy) is 1. The van der Waals surface area contributed by atoms with Crippen LogP contribution in [0.2, 0.25) is 0 Å². The Morgan fingerprint density at radius 2 is 1.97 bits per heavy atom. The van der Waals surface area contributed by atoms with Gasteiger partial charge in [0.2, 0.25) is 5.91 Å². The number of amides is 2. The SMILES string of the molecule is CCn1ccc(CN2CCC(CNC(=O)C3CCCCN3C(=O)OC)CC2)n1.O=CO. The molecule has 0 aliphatic carbocycles. The molecule has 10 nitrogen and oxygen atoms in total. The number of piperidine rings is 2. The quantitative estimate of drug-likeness (QED) is 0.649. The van der Waals surface area contributed by atoms with Crippen molar-refractivity contribution in [2.75, 3.05) is 33.3 Å². The molecule has 0 radical (unpaired) electrons. The van der Waals surface area contributed by atoms with Crippen LogP contribution in [0.1, 0.15) is 44.7 Å². The van der Waals surface area contributed by atoms with Crippen molar-refractivity contribution in [3.8, 4) is 0 Å². The lowest BCUT2D eigenvalue weighted by Crippen LogP contribution is -2.52. The summed E-state index contributed by atoms with van der Waals surface area (Å²) in [7, 11) is 1.37. The Kier molecular flexibility index (Phi) is 10.3. The van der Waals surface area contributed by atoms with Crippen LogP contribution in [0.3, 0.4) is 0 Å². The number of methoxy groups -OCH3 is 1. The molecule has 2 amide bonds. The molecule has 10 heteroatoms. The third-order valence-corrected chi connectivity index (χ3v) is 5.89. The molecular formula is C21H35N5O5. The number of carbonyl (C=O) groups is 3. The number of hydrogen-bond donors (Lipinski definition) is 2. The van der Waals surface area contributed by atoms with Crippen LogP contribution in [-0.4, -0.2) is 82.5 Å². The molecule has 0 spiro atoms. The summed E-state index contributed by atoms with van der Waals surface area (Å²) in [5.74, 6) is 0.446. The molecule has 0 aromatic carbocycles. The summed E-state index contributed by atoms with van der Waals surface area (Å²) < 4.78 is 6.79. The highest BCUT2D eigenvalue weighted by atomic mass is 16.5. The third kappa shape index (κ3) is 7.54. The Hall–Kier alpha value is -2.62. The fraction of sp³-hybridized carbons (Fsp3) is 0.714. The minimum absolute atomic E-state index is 0.0439. The molecule has 2 aliphatic rings. The van der Waals surface area contributed by atoms with Crippen molar-refractivity contribution in [1.29, 1.82) is 0 Å². The van der Waals surface area contributed by atoms with E-state index in [4.69, 9.17) is 14.6 Å². The van der Waals surface area contributed by atoms with Crippen LogP contribution in [0, 0.1) is 5.92 Å². The van der Waals surface area contributed by atoms with E-state index in [0.29, 0.717) is 25.4 Å². The summed E-state index contributed by atoms with van der Waals surface area (Å²) in [6.45, 7) is 6.96. The second-order valence-electron chi connectivity index (χ2n) is 7.91. The molecule has 3 rings (SSSR count). The number of nitrogens with one attached hydrogen (secondary N) is 1.